The third kappa shape index (κ3) is 2.55. The molecule has 0 saturated carbocycles. The molecule has 2 aromatic rings. The molecule has 0 atom stereocenters. The first kappa shape index (κ1) is 12.7. The minimum atomic E-state index is -0.396. The second-order valence-electron chi connectivity index (χ2n) is 3.54. The van der Waals surface area contributed by atoms with E-state index >= 15 is 0 Å². The number of ketones is 1. The van der Waals surface area contributed by atoms with Gasteiger partial charge >= 0.3 is 0 Å². The second kappa shape index (κ2) is 5.24. The van der Waals surface area contributed by atoms with E-state index in [0.717, 1.165) is 11.3 Å². The highest BCUT2D eigenvalue weighted by atomic mass is 32.1. The van der Waals surface area contributed by atoms with E-state index < -0.39 is 5.82 Å². The van der Waals surface area contributed by atoms with Crippen LogP contribution in [0, 0.1) is 5.82 Å². The fraction of sp³-hybridized carbons (Fsp3) is 0.167. The molecule has 18 heavy (non-hydrogen) atoms. The number of carbonyl (C=O) groups excluding carboxylic acids is 1. The van der Waals surface area contributed by atoms with Crippen LogP contribution in [0.3, 0.4) is 0 Å². The SMILES string of the molecule is COCC(=O)c1sc(-c2cccc(F)c2)nc1O. The molecule has 1 heterocycles. The first-order valence-corrected chi connectivity index (χ1v) is 5.91. The predicted octanol–water partition coefficient (Wildman–Crippen LogP) is 2.48. The Morgan fingerprint density at radius 3 is 3.00 bits per heavy atom. The van der Waals surface area contributed by atoms with Gasteiger partial charge in [0, 0.05) is 12.7 Å². The number of hydrogen-bond donors (Lipinski definition) is 1. The minimum absolute atomic E-state index is 0.121. The largest absolute Gasteiger partial charge is 0.492 e. The van der Waals surface area contributed by atoms with Crippen molar-refractivity contribution < 1.29 is 19.0 Å². The van der Waals surface area contributed by atoms with Gasteiger partial charge in [-0.2, -0.15) is 0 Å². The maximum absolute atomic E-state index is 13.1. The molecular weight excluding hydrogens is 257 g/mol. The number of nitrogens with zero attached hydrogens (tertiary/aromatic N) is 1. The van der Waals surface area contributed by atoms with Crippen LogP contribution >= 0.6 is 11.3 Å². The van der Waals surface area contributed by atoms with Gasteiger partial charge in [-0.1, -0.05) is 12.1 Å². The van der Waals surface area contributed by atoms with Crippen LogP contribution in [0.5, 0.6) is 5.88 Å². The van der Waals surface area contributed by atoms with Gasteiger partial charge in [-0.15, -0.1) is 11.3 Å². The zero-order valence-electron chi connectivity index (χ0n) is 9.51. The van der Waals surface area contributed by atoms with Crippen molar-refractivity contribution in [2.75, 3.05) is 13.7 Å². The summed E-state index contributed by atoms with van der Waals surface area (Å²) in [5.74, 6) is -1.09. The number of benzene rings is 1. The molecule has 0 bridgehead atoms. The summed E-state index contributed by atoms with van der Waals surface area (Å²) in [4.78, 5) is 15.6. The van der Waals surface area contributed by atoms with Crippen LogP contribution in [0.15, 0.2) is 24.3 Å². The Balaban J connectivity index is 2.37. The molecule has 1 N–H and O–H groups in total. The van der Waals surface area contributed by atoms with Crippen molar-refractivity contribution in [2.45, 2.75) is 0 Å². The Hall–Kier alpha value is -1.79. The van der Waals surface area contributed by atoms with Gasteiger partial charge in [0.1, 0.15) is 22.3 Å². The smallest absolute Gasteiger partial charge is 0.233 e. The van der Waals surface area contributed by atoms with Crippen molar-refractivity contribution in [3.63, 3.8) is 0 Å². The van der Waals surface area contributed by atoms with E-state index in [4.69, 9.17) is 4.74 Å². The van der Waals surface area contributed by atoms with Gasteiger partial charge in [-0.25, -0.2) is 9.37 Å². The number of aromatic hydroxyl groups is 1. The molecule has 0 spiro atoms. The number of carbonyl (C=O) groups is 1. The summed E-state index contributed by atoms with van der Waals surface area (Å²) in [6.07, 6.45) is 0. The topological polar surface area (TPSA) is 59.4 Å². The monoisotopic (exact) mass is 267 g/mol. The molecule has 0 unspecified atom stereocenters. The summed E-state index contributed by atoms with van der Waals surface area (Å²) < 4.78 is 17.8. The van der Waals surface area contributed by atoms with Crippen LogP contribution in [0.25, 0.3) is 10.6 Å². The third-order valence-corrected chi connectivity index (χ3v) is 3.34. The van der Waals surface area contributed by atoms with Crippen LogP contribution in [0.4, 0.5) is 4.39 Å². The van der Waals surface area contributed by atoms with Crippen molar-refractivity contribution in [3.05, 3.63) is 35.0 Å². The quantitative estimate of drug-likeness (QED) is 0.865. The van der Waals surface area contributed by atoms with Crippen molar-refractivity contribution in [1.82, 2.24) is 4.98 Å². The van der Waals surface area contributed by atoms with E-state index in [0.29, 0.717) is 10.6 Å². The first-order valence-electron chi connectivity index (χ1n) is 5.09. The highest BCUT2D eigenvalue weighted by Crippen LogP contribution is 2.32. The van der Waals surface area contributed by atoms with Crippen molar-refractivity contribution >= 4 is 17.1 Å². The molecule has 94 valence electrons. The van der Waals surface area contributed by atoms with Crippen LogP contribution in [0.1, 0.15) is 9.67 Å². The lowest BCUT2D eigenvalue weighted by atomic mass is 10.2. The fourth-order valence-corrected chi connectivity index (χ4v) is 2.32. The average molecular weight is 267 g/mol. The maximum Gasteiger partial charge on any atom is 0.233 e. The average Bonchev–Trinajstić information content (AvgIpc) is 2.72. The van der Waals surface area contributed by atoms with Crippen LogP contribution in [0.2, 0.25) is 0 Å². The lowest BCUT2D eigenvalue weighted by Crippen LogP contribution is -2.04. The van der Waals surface area contributed by atoms with Gasteiger partial charge < -0.3 is 9.84 Å². The predicted molar refractivity (Wildman–Crippen MR) is 65.4 cm³/mol. The lowest BCUT2D eigenvalue weighted by molar-refractivity contribution is 0.0849. The van der Waals surface area contributed by atoms with Crippen molar-refractivity contribution in [1.29, 1.82) is 0 Å². The number of halogens is 1. The zero-order chi connectivity index (χ0) is 13.1. The molecule has 6 heteroatoms. The lowest BCUT2D eigenvalue weighted by Gasteiger charge is -1.95. The van der Waals surface area contributed by atoms with Crippen LogP contribution in [-0.2, 0) is 4.74 Å². The number of thiazole rings is 1. The molecule has 2 rings (SSSR count). The number of Topliss-reactive ketones (excluding diaryl/α,β-unsaturated/α-hetero) is 1. The van der Waals surface area contributed by atoms with E-state index in [1.54, 1.807) is 12.1 Å². The van der Waals surface area contributed by atoms with Crippen molar-refractivity contribution in [3.8, 4) is 16.5 Å². The summed E-state index contributed by atoms with van der Waals surface area (Å²) >= 11 is 1.01. The Bertz CT molecular complexity index is 582. The Kier molecular flexibility index (Phi) is 3.69. The summed E-state index contributed by atoms with van der Waals surface area (Å²) in [5, 5.41) is 9.98. The molecule has 1 aromatic carbocycles. The van der Waals surface area contributed by atoms with E-state index in [-0.39, 0.29) is 23.1 Å². The van der Waals surface area contributed by atoms with Crippen LogP contribution in [-0.4, -0.2) is 29.6 Å². The van der Waals surface area contributed by atoms with Gasteiger partial charge in [0.25, 0.3) is 0 Å². The summed E-state index contributed by atoms with van der Waals surface area (Å²) in [6, 6.07) is 5.81. The second-order valence-corrected chi connectivity index (χ2v) is 4.54. The van der Waals surface area contributed by atoms with E-state index in [1.165, 1.54) is 19.2 Å². The summed E-state index contributed by atoms with van der Waals surface area (Å²) in [6.45, 7) is -0.127. The van der Waals surface area contributed by atoms with E-state index in [1.807, 2.05) is 0 Å². The van der Waals surface area contributed by atoms with Crippen molar-refractivity contribution in [2.24, 2.45) is 0 Å². The Morgan fingerprint density at radius 2 is 2.33 bits per heavy atom. The molecular formula is C12H10FNO3S. The zero-order valence-corrected chi connectivity index (χ0v) is 10.3. The summed E-state index contributed by atoms with van der Waals surface area (Å²) in [7, 11) is 1.39. The number of rotatable bonds is 4. The highest BCUT2D eigenvalue weighted by molar-refractivity contribution is 7.17. The Labute approximate surface area is 107 Å². The molecule has 4 nitrogen and oxygen atoms in total. The highest BCUT2D eigenvalue weighted by Gasteiger charge is 2.18. The third-order valence-electron chi connectivity index (χ3n) is 2.21. The Morgan fingerprint density at radius 1 is 1.56 bits per heavy atom. The van der Waals surface area contributed by atoms with E-state index in [9.17, 15) is 14.3 Å². The normalized spacial score (nSPS) is 10.6. The molecule has 0 aliphatic heterocycles. The number of methoxy groups -OCH3 is 1. The molecule has 0 fully saturated rings. The van der Waals surface area contributed by atoms with Gasteiger partial charge in [-0.05, 0) is 12.1 Å². The standard InChI is InChI=1S/C12H10FNO3S/c1-17-6-9(15)10-11(16)14-12(18-10)7-3-2-4-8(13)5-7/h2-5,16H,6H2,1H3. The molecule has 0 saturated heterocycles. The van der Waals surface area contributed by atoms with Crippen LogP contribution < -0.4 is 0 Å². The van der Waals surface area contributed by atoms with Gasteiger partial charge in [0.2, 0.25) is 11.7 Å². The fourth-order valence-electron chi connectivity index (χ4n) is 1.44. The number of aromatic nitrogens is 1. The molecule has 1 aromatic heterocycles. The minimum Gasteiger partial charge on any atom is -0.492 e. The van der Waals surface area contributed by atoms with E-state index in [2.05, 4.69) is 4.98 Å². The molecule has 0 aliphatic rings. The molecule has 0 amide bonds. The first-order chi connectivity index (χ1) is 8.61. The maximum atomic E-state index is 13.1. The number of ether oxygens (including phenoxy) is 1. The van der Waals surface area contributed by atoms with Gasteiger partial charge in [0.15, 0.2) is 0 Å². The van der Waals surface area contributed by atoms with Gasteiger partial charge in [-0.3, -0.25) is 4.79 Å². The molecule has 0 aliphatic carbocycles. The van der Waals surface area contributed by atoms with Gasteiger partial charge in [0.05, 0.1) is 0 Å². The molecule has 0 radical (unpaired) electrons. The number of hydrogen-bond acceptors (Lipinski definition) is 5. The summed E-state index contributed by atoms with van der Waals surface area (Å²) in [5.41, 5.74) is 0.520.